The number of nitrogens with zero attached hydrogens (tertiary/aromatic N) is 4. The van der Waals surface area contributed by atoms with Crippen molar-refractivity contribution in [1.82, 2.24) is 19.7 Å². The summed E-state index contributed by atoms with van der Waals surface area (Å²) in [5.41, 5.74) is 0.762. The smallest absolute Gasteiger partial charge is 0.218 e. The Labute approximate surface area is 189 Å². The van der Waals surface area contributed by atoms with Crippen molar-refractivity contribution in [2.24, 2.45) is 5.92 Å². The first-order valence-electron chi connectivity index (χ1n) is 10.1. The maximum Gasteiger partial charge on any atom is 0.218 e. The largest absolute Gasteiger partial charge is 0.390 e. The quantitative estimate of drug-likeness (QED) is 0.461. The average Bonchev–Trinajstić information content (AvgIpc) is 3.34. The van der Waals surface area contributed by atoms with Crippen molar-refractivity contribution in [3.05, 3.63) is 70.9 Å². The number of hydrogen-bond acceptors (Lipinski definition) is 8. The first-order chi connectivity index (χ1) is 15.3. The van der Waals surface area contributed by atoms with Gasteiger partial charge in [-0.3, -0.25) is 14.3 Å². The number of aliphatic hydroxyl groups excluding tert-OH is 2. The monoisotopic (exact) mass is 455 g/mol. The van der Waals surface area contributed by atoms with Crippen LogP contribution in [0.1, 0.15) is 39.8 Å². The van der Waals surface area contributed by atoms with E-state index in [9.17, 15) is 19.8 Å². The molecule has 2 aromatic heterocycles. The molecule has 166 valence electrons. The van der Waals surface area contributed by atoms with E-state index in [4.69, 9.17) is 11.6 Å². The van der Waals surface area contributed by atoms with Gasteiger partial charge in [0.05, 0.1) is 17.7 Å². The molecule has 3 N–H and O–H groups in total. The van der Waals surface area contributed by atoms with Gasteiger partial charge in [0.25, 0.3) is 0 Å². The van der Waals surface area contributed by atoms with Crippen LogP contribution in [0.3, 0.4) is 0 Å². The Balaban J connectivity index is 1.50. The van der Waals surface area contributed by atoms with E-state index in [1.807, 2.05) is 6.92 Å². The lowest BCUT2D eigenvalue weighted by Gasteiger charge is -2.19. The summed E-state index contributed by atoms with van der Waals surface area (Å²) in [6, 6.07) is 7.68. The minimum Gasteiger partial charge on any atom is -0.390 e. The van der Waals surface area contributed by atoms with Crippen molar-refractivity contribution in [3.8, 4) is 0 Å². The van der Waals surface area contributed by atoms with Crippen molar-refractivity contribution < 1.29 is 19.8 Å². The van der Waals surface area contributed by atoms with E-state index in [0.717, 1.165) is 0 Å². The first kappa shape index (κ1) is 22.1. The third-order valence-corrected chi connectivity index (χ3v) is 5.81. The van der Waals surface area contributed by atoms with E-state index in [0.29, 0.717) is 17.0 Å². The number of halogens is 1. The first-order valence-corrected chi connectivity index (χ1v) is 10.5. The normalized spacial score (nSPS) is 22.6. The summed E-state index contributed by atoms with van der Waals surface area (Å²) in [4.78, 5) is 33.6. The molecule has 1 aliphatic carbocycles. The molecular formula is C22H22ClN5O4. The van der Waals surface area contributed by atoms with Crippen molar-refractivity contribution in [2.75, 3.05) is 5.32 Å². The van der Waals surface area contributed by atoms with E-state index in [-0.39, 0.29) is 35.3 Å². The van der Waals surface area contributed by atoms with Crippen molar-refractivity contribution in [2.45, 2.75) is 38.1 Å². The molecule has 1 aliphatic rings. The molecule has 3 aromatic rings. The Morgan fingerprint density at radius 2 is 2.06 bits per heavy atom. The van der Waals surface area contributed by atoms with Gasteiger partial charge in [0, 0.05) is 23.0 Å². The fourth-order valence-corrected chi connectivity index (χ4v) is 3.98. The molecule has 0 saturated heterocycles. The number of aliphatic hydroxyl groups is 2. The van der Waals surface area contributed by atoms with Crippen LogP contribution in [0.5, 0.6) is 0 Å². The lowest BCUT2D eigenvalue weighted by Crippen LogP contribution is -2.35. The second-order valence-electron chi connectivity index (χ2n) is 7.89. The van der Waals surface area contributed by atoms with Crippen LogP contribution in [0.2, 0.25) is 5.02 Å². The highest BCUT2D eigenvalue weighted by Gasteiger charge is 2.39. The second-order valence-corrected chi connectivity index (χ2v) is 8.33. The number of hydrogen-bond donors (Lipinski definition) is 3. The molecule has 2 heterocycles. The minimum atomic E-state index is -0.973. The highest BCUT2D eigenvalue weighted by atomic mass is 35.5. The van der Waals surface area contributed by atoms with E-state index >= 15 is 0 Å². The van der Waals surface area contributed by atoms with E-state index in [1.165, 1.54) is 23.3 Å². The predicted octanol–water partition coefficient (Wildman–Crippen LogP) is 1.98. The minimum absolute atomic E-state index is 0.0476. The van der Waals surface area contributed by atoms with Gasteiger partial charge in [0.2, 0.25) is 5.78 Å². The van der Waals surface area contributed by atoms with Crippen LogP contribution >= 0.6 is 11.6 Å². The van der Waals surface area contributed by atoms with E-state index in [1.54, 1.807) is 30.5 Å². The van der Waals surface area contributed by atoms with Gasteiger partial charge >= 0.3 is 0 Å². The predicted molar refractivity (Wildman–Crippen MR) is 117 cm³/mol. The molecule has 0 amide bonds. The second kappa shape index (κ2) is 9.15. The average molecular weight is 456 g/mol. The topological polar surface area (TPSA) is 130 Å². The number of ketones is 2. The van der Waals surface area contributed by atoms with Crippen LogP contribution in [0.25, 0.3) is 0 Å². The van der Waals surface area contributed by atoms with Crippen molar-refractivity contribution in [1.29, 1.82) is 0 Å². The van der Waals surface area contributed by atoms with Crippen molar-refractivity contribution >= 4 is 29.0 Å². The Morgan fingerprint density at radius 3 is 2.78 bits per heavy atom. The van der Waals surface area contributed by atoms with Gasteiger partial charge in [-0.2, -0.15) is 5.10 Å². The number of benzene rings is 1. The van der Waals surface area contributed by atoms with Gasteiger partial charge in [-0.1, -0.05) is 30.7 Å². The van der Waals surface area contributed by atoms with Crippen LogP contribution < -0.4 is 5.32 Å². The summed E-state index contributed by atoms with van der Waals surface area (Å²) in [6.45, 7) is 1.80. The summed E-state index contributed by atoms with van der Waals surface area (Å²) in [5.74, 6) is -0.456. The molecule has 1 aromatic carbocycles. The standard InChI is InChI=1S/C22H22ClN5O4/c1-12-7-17(21(32)19(12)30)26-22-15(9-24-11-25-22)20(31)16-5-6-28(27-16)10-18(29)13-3-2-4-14(23)8-13/h2-6,8-9,11-12,17,19,21,30,32H,7,10H2,1H3,(H,24,25,26)/t12-,17-,19-,21+/m1/s1. The lowest BCUT2D eigenvalue weighted by molar-refractivity contribution is 0.0210. The zero-order chi connectivity index (χ0) is 22.8. The fourth-order valence-electron chi connectivity index (χ4n) is 3.79. The molecule has 1 saturated carbocycles. The SMILES string of the molecule is C[C@@H]1C[C@@H](Nc2ncncc2C(=O)c2ccn(CC(=O)c3cccc(Cl)c3)n2)[C@H](O)[C@@H]1O. The third-order valence-electron chi connectivity index (χ3n) is 5.58. The van der Waals surface area contributed by atoms with Gasteiger partial charge in [0.1, 0.15) is 30.5 Å². The lowest BCUT2D eigenvalue weighted by atomic mass is 10.1. The number of rotatable bonds is 7. The van der Waals surface area contributed by atoms with Crippen LogP contribution in [0.4, 0.5) is 5.82 Å². The molecular weight excluding hydrogens is 434 g/mol. The Hall–Kier alpha value is -3.14. The van der Waals surface area contributed by atoms with Crippen molar-refractivity contribution in [3.63, 3.8) is 0 Å². The molecule has 9 nitrogen and oxygen atoms in total. The Morgan fingerprint density at radius 1 is 1.25 bits per heavy atom. The number of Topliss-reactive ketones (excluding diaryl/α,β-unsaturated/α-hetero) is 1. The fraction of sp³-hybridized carbons (Fsp3) is 0.318. The van der Waals surface area contributed by atoms with Crippen LogP contribution in [0.15, 0.2) is 49.1 Å². The Bertz CT molecular complexity index is 1150. The zero-order valence-electron chi connectivity index (χ0n) is 17.2. The van der Waals surface area contributed by atoms with Gasteiger partial charge in [0.15, 0.2) is 5.78 Å². The number of nitrogens with one attached hydrogen (secondary N) is 1. The molecule has 10 heteroatoms. The summed E-state index contributed by atoms with van der Waals surface area (Å²) < 4.78 is 1.38. The van der Waals surface area contributed by atoms with E-state index < -0.39 is 24.0 Å². The Kier molecular flexibility index (Phi) is 6.31. The summed E-state index contributed by atoms with van der Waals surface area (Å²) in [6.07, 6.45) is 2.92. The van der Waals surface area contributed by atoms with Crippen LogP contribution in [-0.2, 0) is 6.54 Å². The third kappa shape index (κ3) is 4.55. The molecule has 0 unspecified atom stereocenters. The maximum absolute atomic E-state index is 13.1. The molecule has 0 radical (unpaired) electrons. The highest BCUT2D eigenvalue weighted by molar-refractivity contribution is 6.31. The molecule has 4 rings (SSSR count). The highest BCUT2D eigenvalue weighted by Crippen LogP contribution is 2.29. The number of anilines is 1. The molecule has 0 bridgehead atoms. The number of aromatic nitrogens is 4. The molecule has 0 aliphatic heterocycles. The maximum atomic E-state index is 13.1. The van der Waals surface area contributed by atoms with Gasteiger partial charge in [-0.25, -0.2) is 9.97 Å². The number of carbonyl (C=O) groups excluding carboxylic acids is 2. The zero-order valence-corrected chi connectivity index (χ0v) is 18.0. The van der Waals surface area contributed by atoms with Gasteiger partial charge in [-0.15, -0.1) is 0 Å². The molecule has 32 heavy (non-hydrogen) atoms. The van der Waals surface area contributed by atoms with E-state index in [2.05, 4.69) is 20.4 Å². The van der Waals surface area contributed by atoms with Gasteiger partial charge < -0.3 is 15.5 Å². The summed E-state index contributed by atoms with van der Waals surface area (Å²) in [5, 5.41) is 28.0. The van der Waals surface area contributed by atoms with Crippen LogP contribution in [-0.4, -0.2) is 59.8 Å². The molecule has 0 spiro atoms. The van der Waals surface area contributed by atoms with Crippen LogP contribution in [0, 0.1) is 5.92 Å². The molecule has 1 fully saturated rings. The summed E-state index contributed by atoms with van der Waals surface area (Å²) in [7, 11) is 0. The number of carbonyl (C=O) groups is 2. The molecule has 4 atom stereocenters. The van der Waals surface area contributed by atoms with Gasteiger partial charge in [-0.05, 0) is 30.5 Å². The summed E-state index contributed by atoms with van der Waals surface area (Å²) >= 11 is 5.94.